The smallest absolute Gasteiger partial charge is 0.222 e. The first kappa shape index (κ1) is 30.2. The van der Waals surface area contributed by atoms with E-state index in [-0.39, 0.29) is 5.75 Å². The summed E-state index contributed by atoms with van der Waals surface area (Å²) < 4.78 is 39.5. The summed E-state index contributed by atoms with van der Waals surface area (Å²) in [6.07, 6.45) is 3.53. The summed E-state index contributed by atoms with van der Waals surface area (Å²) in [6.45, 7) is 7.02. The van der Waals surface area contributed by atoms with E-state index in [0.29, 0.717) is 45.4 Å². The lowest BCUT2D eigenvalue weighted by Gasteiger charge is -2.37. The molecule has 3 aromatic rings. The number of ether oxygens (including phenoxy) is 3. The van der Waals surface area contributed by atoms with E-state index in [0.717, 1.165) is 74.0 Å². The van der Waals surface area contributed by atoms with Gasteiger partial charge in [-0.3, -0.25) is 4.90 Å². The van der Waals surface area contributed by atoms with E-state index in [1.807, 2.05) is 24.3 Å². The number of nitrogen functional groups attached to an aromatic ring is 1. The Bertz CT molecular complexity index is 1430. The molecule has 5 rings (SSSR count). The van der Waals surface area contributed by atoms with Crippen LogP contribution in [0.25, 0.3) is 11.3 Å². The topological polar surface area (TPSA) is 120 Å². The fraction of sp³-hybridized carbons (Fsp3) is 0.484. The fourth-order valence-corrected chi connectivity index (χ4v) is 6.07. The van der Waals surface area contributed by atoms with Crippen molar-refractivity contribution in [2.45, 2.75) is 25.9 Å². The molecule has 0 spiro atoms. The fourth-order valence-electron chi connectivity index (χ4n) is 5.42. The zero-order valence-electron chi connectivity index (χ0n) is 24.3. The molecule has 0 atom stereocenters. The highest BCUT2D eigenvalue weighted by molar-refractivity contribution is 7.90. The van der Waals surface area contributed by atoms with Crippen LogP contribution in [-0.2, 0) is 38.8 Å². The van der Waals surface area contributed by atoms with E-state index < -0.39 is 9.84 Å². The number of piperazine rings is 1. The molecule has 0 radical (unpaired) electrons. The Balaban J connectivity index is 1.10. The second-order valence-corrected chi connectivity index (χ2v) is 13.1. The van der Waals surface area contributed by atoms with E-state index in [9.17, 15) is 8.42 Å². The average Bonchev–Trinajstić information content (AvgIpc) is 2.99. The number of nitrogens with two attached hydrogens (primary N) is 1. The molecule has 2 aromatic carbocycles. The van der Waals surface area contributed by atoms with Crippen molar-refractivity contribution in [2.75, 3.05) is 81.8 Å². The van der Waals surface area contributed by atoms with E-state index in [1.165, 1.54) is 17.4 Å². The van der Waals surface area contributed by atoms with Gasteiger partial charge < -0.3 is 24.8 Å². The van der Waals surface area contributed by atoms with E-state index in [2.05, 4.69) is 39.0 Å². The van der Waals surface area contributed by atoms with Crippen LogP contribution in [0.4, 0.5) is 11.8 Å². The van der Waals surface area contributed by atoms with Crippen molar-refractivity contribution in [1.29, 1.82) is 0 Å². The molecule has 0 saturated carbocycles. The number of aryl methyl sites for hydroxylation is 1. The van der Waals surface area contributed by atoms with E-state index in [4.69, 9.17) is 24.9 Å². The zero-order chi connectivity index (χ0) is 29.4. The number of benzene rings is 2. The number of rotatable bonds is 14. The van der Waals surface area contributed by atoms with Crippen molar-refractivity contribution in [2.24, 2.45) is 0 Å². The highest BCUT2D eigenvalue weighted by Crippen LogP contribution is 2.38. The number of aromatic nitrogens is 2. The summed E-state index contributed by atoms with van der Waals surface area (Å²) in [4.78, 5) is 14.1. The van der Waals surface area contributed by atoms with Gasteiger partial charge in [0.05, 0.1) is 31.3 Å². The lowest BCUT2D eigenvalue weighted by Crippen LogP contribution is -2.48. The van der Waals surface area contributed by atoms with Gasteiger partial charge in [-0.15, -0.1) is 0 Å². The zero-order valence-corrected chi connectivity index (χ0v) is 25.2. The van der Waals surface area contributed by atoms with Crippen LogP contribution in [0.2, 0.25) is 0 Å². The molecule has 1 aliphatic heterocycles. The third kappa shape index (κ3) is 8.41. The Labute approximate surface area is 248 Å². The summed E-state index contributed by atoms with van der Waals surface area (Å²) >= 11 is 0. The summed E-state index contributed by atoms with van der Waals surface area (Å²) in [5, 5.41) is 0. The number of hydrogen-bond acceptors (Lipinski definition) is 10. The van der Waals surface area contributed by atoms with Crippen LogP contribution < -0.4 is 15.4 Å². The molecular weight excluding hydrogens is 554 g/mol. The molecule has 1 aliphatic carbocycles. The van der Waals surface area contributed by atoms with Crippen molar-refractivity contribution >= 4 is 21.6 Å². The maximum absolute atomic E-state index is 11.1. The van der Waals surface area contributed by atoms with Gasteiger partial charge in [-0.05, 0) is 48.6 Å². The summed E-state index contributed by atoms with van der Waals surface area (Å²) in [5.41, 5.74) is 11.8. The maximum Gasteiger partial charge on any atom is 0.222 e. The van der Waals surface area contributed by atoms with Crippen molar-refractivity contribution in [3.63, 3.8) is 0 Å². The second-order valence-electron chi connectivity index (χ2n) is 10.9. The molecule has 2 aliphatic rings. The minimum Gasteiger partial charge on any atom is -0.489 e. The monoisotopic (exact) mass is 595 g/mol. The van der Waals surface area contributed by atoms with Crippen molar-refractivity contribution in [1.82, 2.24) is 14.9 Å². The molecule has 10 nitrogen and oxygen atoms in total. The lowest BCUT2D eigenvalue weighted by atomic mass is 9.88. The number of anilines is 2. The van der Waals surface area contributed by atoms with Gasteiger partial charge >= 0.3 is 0 Å². The van der Waals surface area contributed by atoms with Crippen LogP contribution in [0.15, 0.2) is 48.5 Å². The molecule has 1 fully saturated rings. The first-order valence-corrected chi connectivity index (χ1v) is 16.7. The molecule has 11 heteroatoms. The first-order chi connectivity index (χ1) is 20.4. The standard InChI is InChI=1S/C31H41N5O5S/c1-42(37,38)21-5-17-39-19-20-40-18-16-35-12-14-36(15-13-35)30-28-10-8-25-22-26(41-23-24-6-3-2-4-7-24)9-11-27(25)29(28)33-31(32)34-30/h2-4,6-7,9,11,22H,5,8,10,12-21,23H2,1H3,(H2,32,33,34). The Hall–Kier alpha value is -3.25. The molecule has 0 amide bonds. The third-order valence-electron chi connectivity index (χ3n) is 7.63. The summed E-state index contributed by atoms with van der Waals surface area (Å²) in [5.74, 6) is 2.27. The van der Waals surface area contributed by atoms with Gasteiger partial charge in [0.15, 0.2) is 0 Å². The quantitative estimate of drug-likeness (QED) is 0.279. The maximum atomic E-state index is 11.1. The highest BCUT2D eigenvalue weighted by atomic mass is 32.2. The molecule has 42 heavy (non-hydrogen) atoms. The van der Waals surface area contributed by atoms with Gasteiger partial charge in [0, 0.05) is 56.7 Å². The Morgan fingerprint density at radius 3 is 2.43 bits per heavy atom. The van der Waals surface area contributed by atoms with Crippen molar-refractivity contribution in [3.05, 3.63) is 65.2 Å². The number of fused-ring (bicyclic) bond motifs is 3. The first-order valence-electron chi connectivity index (χ1n) is 14.6. The Morgan fingerprint density at radius 2 is 1.67 bits per heavy atom. The van der Waals surface area contributed by atoms with Crippen molar-refractivity contribution < 1.29 is 22.6 Å². The van der Waals surface area contributed by atoms with Gasteiger partial charge in [-0.1, -0.05) is 30.3 Å². The third-order valence-corrected chi connectivity index (χ3v) is 8.66. The van der Waals surface area contributed by atoms with E-state index in [1.54, 1.807) is 0 Å². The van der Waals surface area contributed by atoms with Crippen LogP contribution in [0.3, 0.4) is 0 Å². The Kier molecular flexibility index (Phi) is 10.3. The minimum atomic E-state index is -2.93. The van der Waals surface area contributed by atoms with Crippen LogP contribution in [0.5, 0.6) is 5.75 Å². The molecule has 2 heterocycles. The summed E-state index contributed by atoms with van der Waals surface area (Å²) in [6, 6.07) is 16.4. The van der Waals surface area contributed by atoms with Crippen molar-refractivity contribution in [3.8, 4) is 17.0 Å². The number of sulfone groups is 1. The molecule has 2 N–H and O–H groups in total. The van der Waals surface area contributed by atoms with Gasteiger partial charge in [-0.2, -0.15) is 4.98 Å². The SMILES string of the molecule is CS(=O)(=O)CCCOCCOCCN1CCN(c2nc(N)nc3c2CCc2cc(OCc4ccccc4)ccc2-3)CC1. The summed E-state index contributed by atoms with van der Waals surface area (Å²) in [7, 11) is -2.93. The molecule has 1 saturated heterocycles. The molecule has 0 bridgehead atoms. The van der Waals surface area contributed by atoms with Crippen LogP contribution in [0, 0.1) is 0 Å². The minimum absolute atomic E-state index is 0.156. The predicted molar refractivity (Wildman–Crippen MR) is 165 cm³/mol. The van der Waals surface area contributed by atoms with Gasteiger partial charge in [0.1, 0.15) is 28.0 Å². The molecule has 0 unspecified atom stereocenters. The van der Waals surface area contributed by atoms with Crippen LogP contribution in [0.1, 0.15) is 23.1 Å². The van der Waals surface area contributed by atoms with Crippen LogP contribution >= 0.6 is 0 Å². The predicted octanol–water partition coefficient (Wildman–Crippen LogP) is 2.99. The lowest BCUT2D eigenvalue weighted by molar-refractivity contribution is 0.0384. The number of nitrogens with zero attached hydrogens (tertiary/aromatic N) is 4. The average molecular weight is 596 g/mol. The van der Waals surface area contributed by atoms with Gasteiger partial charge in [0.2, 0.25) is 5.95 Å². The Morgan fingerprint density at radius 1 is 0.905 bits per heavy atom. The normalized spacial score (nSPS) is 15.3. The molecular formula is C31H41N5O5S. The second kappa shape index (κ2) is 14.3. The molecule has 226 valence electrons. The molecule has 1 aromatic heterocycles. The van der Waals surface area contributed by atoms with Gasteiger partial charge in [-0.25, -0.2) is 13.4 Å². The highest BCUT2D eigenvalue weighted by Gasteiger charge is 2.27. The number of hydrogen-bond donors (Lipinski definition) is 1. The largest absolute Gasteiger partial charge is 0.489 e. The van der Waals surface area contributed by atoms with Crippen LogP contribution in [-0.4, -0.2) is 94.4 Å². The van der Waals surface area contributed by atoms with E-state index >= 15 is 0 Å². The van der Waals surface area contributed by atoms with Gasteiger partial charge in [0.25, 0.3) is 0 Å².